The molecule has 0 saturated carbocycles. The van der Waals surface area contributed by atoms with Gasteiger partial charge in [0.2, 0.25) is 0 Å². The number of nitrogens with zero attached hydrogens (tertiary/aromatic N) is 2. The Morgan fingerprint density at radius 2 is 1.41 bits per heavy atom. The summed E-state index contributed by atoms with van der Waals surface area (Å²) in [6.07, 6.45) is 1.45. The molecular weight excluding hydrogens is 404 g/mol. The Labute approximate surface area is 188 Å². The Bertz CT molecular complexity index is 1020. The molecule has 0 unspecified atom stereocenters. The van der Waals surface area contributed by atoms with E-state index in [9.17, 15) is 9.59 Å². The number of hydrogen-bond acceptors (Lipinski definition) is 5. The van der Waals surface area contributed by atoms with Gasteiger partial charge in [-0.25, -0.2) is 0 Å². The number of benzene rings is 2. The number of likely N-dealkylation sites (N-methyl/N-ethyl adjacent to an activating group) is 1. The predicted octanol–water partition coefficient (Wildman–Crippen LogP) is 3.92. The zero-order valence-electron chi connectivity index (χ0n) is 18.2. The molecule has 0 spiro atoms. The molecule has 32 heavy (non-hydrogen) atoms. The van der Waals surface area contributed by atoms with Crippen LogP contribution in [0.4, 0.5) is 11.4 Å². The second kappa shape index (κ2) is 10.3. The first kappa shape index (κ1) is 21.8. The van der Waals surface area contributed by atoms with Gasteiger partial charge in [-0.2, -0.15) is 0 Å². The number of piperazine rings is 1. The molecule has 0 bridgehead atoms. The zero-order valence-corrected chi connectivity index (χ0v) is 18.2. The lowest BCUT2D eigenvalue weighted by molar-refractivity contribution is 0.0995. The number of furan rings is 1. The van der Waals surface area contributed by atoms with Gasteiger partial charge in [0.05, 0.1) is 6.26 Å². The van der Waals surface area contributed by atoms with E-state index in [-0.39, 0.29) is 17.6 Å². The van der Waals surface area contributed by atoms with Gasteiger partial charge in [0, 0.05) is 49.7 Å². The lowest BCUT2D eigenvalue weighted by Gasteiger charge is -2.34. The molecule has 2 aromatic carbocycles. The topological polar surface area (TPSA) is 77.8 Å². The van der Waals surface area contributed by atoms with E-state index in [1.165, 1.54) is 11.8 Å². The van der Waals surface area contributed by atoms with Gasteiger partial charge in [0.15, 0.2) is 5.76 Å². The largest absolute Gasteiger partial charge is 0.459 e. The predicted molar refractivity (Wildman–Crippen MR) is 125 cm³/mol. The highest BCUT2D eigenvalue weighted by Gasteiger charge is 2.15. The number of carbonyl (C=O) groups is 2. The Kier molecular flexibility index (Phi) is 6.99. The van der Waals surface area contributed by atoms with Crippen molar-refractivity contribution in [3.8, 4) is 0 Å². The van der Waals surface area contributed by atoms with Crippen LogP contribution in [0.25, 0.3) is 0 Å². The van der Waals surface area contributed by atoms with Crippen molar-refractivity contribution in [1.82, 2.24) is 9.80 Å². The fourth-order valence-electron chi connectivity index (χ4n) is 3.72. The van der Waals surface area contributed by atoms with Crippen molar-refractivity contribution in [3.05, 3.63) is 83.8 Å². The highest BCUT2D eigenvalue weighted by atomic mass is 16.3. The van der Waals surface area contributed by atoms with Crippen LogP contribution in [0.2, 0.25) is 0 Å². The normalized spacial score (nSPS) is 14.8. The molecule has 0 aliphatic carbocycles. The van der Waals surface area contributed by atoms with Crippen LogP contribution in [0.5, 0.6) is 0 Å². The van der Waals surface area contributed by atoms with Gasteiger partial charge < -0.3 is 20.0 Å². The first-order valence-electron chi connectivity index (χ1n) is 10.9. The van der Waals surface area contributed by atoms with Crippen molar-refractivity contribution in [3.63, 3.8) is 0 Å². The van der Waals surface area contributed by atoms with Crippen LogP contribution < -0.4 is 10.6 Å². The Morgan fingerprint density at radius 3 is 2.00 bits per heavy atom. The third-order valence-corrected chi connectivity index (χ3v) is 5.68. The average molecular weight is 433 g/mol. The summed E-state index contributed by atoms with van der Waals surface area (Å²) < 4.78 is 5.07. The van der Waals surface area contributed by atoms with Crippen LogP contribution >= 0.6 is 0 Å². The van der Waals surface area contributed by atoms with E-state index < -0.39 is 0 Å². The monoisotopic (exact) mass is 432 g/mol. The number of nitrogens with one attached hydrogen (secondary N) is 2. The number of carbonyl (C=O) groups excluding carboxylic acids is 2. The van der Waals surface area contributed by atoms with Crippen LogP contribution in [0.15, 0.2) is 71.3 Å². The quantitative estimate of drug-likeness (QED) is 0.592. The van der Waals surface area contributed by atoms with E-state index in [2.05, 4.69) is 39.5 Å². The van der Waals surface area contributed by atoms with E-state index in [1.54, 1.807) is 36.4 Å². The van der Waals surface area contributed by atoms with E-state index in [4.69, 9.17) is 4.42 Å². The molecule has 4 rings (SSSR count). The number of hydrogen-bond donors (Lipinski definition) is 2. The average Bonchev–Trinajstić information content (AvgIpc) is 3.37. The molecule has 2 heterocycles. The summed E-state index contributed by atoms with van der Waals surface area (Å²) >= 11 is 0. The minimum atomic E-state index is -0.334. The molecule has 3 aromatic rings. The Hall–Kier alpha value is -3.42. The SMILES string of the molecule is CCN1CCN(Cc2ccc(NC(=O)c3ccc(NC(=O)c4ccco4)cc3)cc2)CC1. The summed E-state index contributed by atoms with van der Waals surface area (Å²) in [4.78, 5) is 29.5. The van der Waals surface area contributed by atoms with Crippen molar-refractivity contribution in [1.29, 1.82) is 0 Å². The molecule has 0 radical (unpaired) electrons. The highest BCUT2D eigenvalue weighted by molar-refractivity contribution is 6.05. The fourth-order valence-corrected chi connectivity index (χ4v) is 3.72. The summed E-state index contributed by atoms with van der Waals surface area (Å²) in [5.74, 6) is -0.296. The van der Waals surface area contributed by atoms with Gasteiger partial charge in [-0.1, -0.05) is 19.1 Å². The molecule has 7 nitrogen and oxygen atoms in total. The number of rotatable bonds is 7. The molecule has 1 aliphatic rings. The smallest absolute Gasteiger partial charge is 0.291 e. The number of anilines is 2. The van der Waals surface area contributed by atoms with Crippen LogP contribution in [-0.4, -0.2) is 54.3 Å². The summed E-state index contributed by atoms with van der Waals surface area (Å²) in [5, 5.41) is 5.66. The lowest BCUT2D eigenvalue weighted by Crippen LogP contribution is -2.45. The van der Waals surface area contributed by atoms with E-state index in [0.29, 0.717) is 11.3 Å². The number of amides is 2. The third-order valence-electron chi connectivity index (χ3n) is 5.68. The lowest BCUT2D eigenvalue weighted by atomic mass is 10.1. The summed E-state index contributed by atoms with van der Waals surface area (Å²) in [6, 6.07) is 18.0. The fraction of sp³-hybridized carbons (Fsp3) is 0.280. The van der Waals surface area contributed by atoms with Crippen LogP contribution in [-0.2, 0) is 6.54 Å². The van der Waals surface area contributed by atoms with Crippen molar-refractivity contribution >= 4 is 23.2 Å². The Balaban J connectivity index is 1.28. The molecule has 1 aromatic heterocycles. The van der Waals surface area contributed by atoms with Crippen molar-refractivity contribution in [2.45, 2.75) is 13.5 Å². The molecule has 2 amide bonds. The van der Waals surface area contributed by atoms with E-state index in [1.807, 2.05) is 12.1 Å². The maximum atomic E-state index is 12.6. The molecule has 2 N–H and O–H groups in total. The molecular formula is C25H28N4O3. The second-order valence-electron chi connectivity index (χ2n) is 7.87. The summed E-state index contributed by atoms with van der Waals surface area (Å²) in [6.45, 7) is 8.67. The minimum absolute atomic E-state index is 0.197. The Morgan fingerprint density at radius 1 is 0.812 bits per heavy atom. The molecule has 7 heteroatoms. The first-order valence-corrected chi connectivity index (χ1v) is 10.9. The van der Waals surface area contributed by atoms with Crippen LogP contribution in [0, 0.1) is 0 Å². The molecule has 166 valence electrons. The molecule has 0 atom stereocenters. The first-order chi connectivity index (χ1) is 15.6. The van der Waals surface area contributed by atoms with Gasteiger partial charge in [0.25, 0.3) is 11.8 Å². The van der Waals surface area contributed by atoms with Crippen molar-refractivity contribution in [2.75, 3.05) is 43.4 Å². The minimum Gasteiger partial charge on any atom is -0.459 e. The summed E-state index contributed by atoms with van der Waals surface area (Å²) in [7, 11) is 0. The van der Waals surface area contributed by atoms with Crippen molar-refractivity contribution < 1.29 is 14.0 Å². The molecule has 1 aliphatic heterocycles. The maximum Gasteiger partial charge on any atom is 0.291 e. The summed E-state index contributed by atoms with van der Waals surface area (Å²) in [5.41, 5.74) is 3.10. The molecule has 1 saturated heterocycles. The van der Waals surface area contributed by atoms with Crippen molar-refractivity contribution in [2.24, 2.45) is 0 Å². The highest BCUT2D eigenvalue weighted by Crippen LogP contribution is 2.16. The van der Waals surface area contributed by atoms with Gasteiger partial charge in [-0.05, 0) is 60.6 Å². The maximum absolute atomic E-state index is 12.6. The molecule has 1 fully saturated rings. The van der Waals surface area contributed by atoms with Gasteiger partial charge in [-0.15, -0.1) is 0 Å². The zero-order chi connectivity index (χ0) is 22.3. The van der Waals surface area contributed by atoms with Gasteiger partial charge >= 0.3 is 0 Å². The van der Waals surface area contributed by atoms with Crippen LogP contribution in [0.1, 0.15) is 33.4 Å². The third kappa shape index (κ3) is 5.63. The van der Waals surface area contributed by atoms with E-state index >= 15 is 0 Å². The standard InChI is InChI=1S/C25H28N4O3/c1-2-28-13-15-29(16-14-28)18-19-5-9-21(10-6-19)26-24(30)20-7-11-22(12-8-20)27-25(31)23-4-3-17-32-23/h3-12,17H,2,13-16,18H2,1H3,(H,26,30)(H,27,31). The van der Waals surface area contributed by atoms with Crippen LogP contribution in [0.3, 0.4) is 0 Å². The van der Waals surface area contributed by atoms with E-state index in [0.717, 1.165) is 45.0 Å². The van der Waals surface area contributed by atoms with Gasteiger partial charge in [-0.3, -0.25) is 14.5 Å². The van der Waals surface area contributed by atoms with Gasteiger partial charge in [0.1, 0.15) is 0 Å². The second-order valence-corrected chi connectivity index (χ2v) is 7.87.